The minimum atomic E-state index is -0.792. The molecule has 0 radical (unpaired) electrons. The molecule has 1 rings (SSSR count). The van der Waals surface area contributed by atoms with Crippen molar-refractivity contribution < 1.29 is 8.78 Å². The van der Waals surface area contributed by atoms with Gasteiger partial charge < -0.3 is 10.6 Å². The van der Waals surface area contributed by atoms with E-state index in [1.54, 1.807) is 6.07 Å². The molecule has 0 fully saturated rings. The molecule has 0 amide bonds. The molecule has 0 aliphatic heterocycles. The maximum absolute atomic E-state index is 13.4. The third kappa shape index (κ3) is 5.10. The lowest BCUT2D eigenvalue weighted by molar-refractivity contribution is 0.457. The molecule has 0 heterocycles. The molecule has 1 aromatic rings. The maximum atomic E-state index is 13.4. The van der Waals surface area contributed by atoms with E-state index in [1.165, 1.54) is 6.07 Å². The summed E-state index contributed by atoms with van der Waals surface area (Å²) < 4.78 is 26.4. The number of nitrogens with one attached hydrogen (secondary N) is 2. The first-order valence-corrected chi connectivity index (χ1v) is 6.37. The third-order valence-electron chi connectivity index (χ3n) is 2.68. The van der Waals surface area contributed by atoms with Crippen LogP contribution in [0.3, 0.4) is 0 Å². The molecule has 0 aliphatic rings. The van der Waals surface area contributed by atoms with Gasteiger partial charge in [-0.3, -0.25) is 0 Å². The van der Waals surface area contributed by atoms with Crippen LogP contribution in [-0.4, -0.2) is 19.1 Å². The van der Waals surface area contributed by atoms with Gasteiger partial charge >= 0.3 is 0 Å². The smallest absolute Gasteiger partial charge is 0.163 e. The van der Waals surface area contributed by atoms with Gasteiger partial charge in [0.2, 0.25) is 0 Å². The van der Waals surface area contributed by atoms with Crippen molar-refractivity contribution in [3.8, 4) is 0 Å². The first-order chi connectivity index (χ1) is 8.50. The lowest BCUT2D eigenvalue weighted by Gasteiger charge is -2.16. The molecule has 1 atom stereocenters. The Balaban J connectivity index is 2.33. The van der Waals surface area contributed by atoms with Gasteiger partial charge in [0.1, 0.15) is 0 Å². The van der Waals surface area contributed by atoms with Crippen molar-refractivity contribution in [3.63, 3.8) is 0 Å². The largest absolute Gasteiger partial charge is 0.315 e. The molecular formula is C14H22F2N2. The van der Waals surface area contributed by atoms with E-state index >= 15 is 0 Å². The van der Waals surface area contributed by atoms with E-state index < -0.39 is 11.6 Å². The molecule has 0 aromatic heterocycles. The van der Waals surface area contributed by atoms with Crippen LogP contribution in [-0.2, 0) is 6.54 Å². The van der Waals surface area contributed by atoms with Crippen LogP contribution in [0.5, 0.6) is 0 Å². The lowest BCUT2D eigenvalue weighted by atomic mass is 10.2. The van der Waals surface area contributed by atoms with E-state index in [9.17, 15) is 8.78 Å². The van der Waals surface area contributed by atoms with Gasteiger partial charge in [0.15, 0.2) is 11.6 Å². The zero-order chi connectivity index (χ0) is 13.5. The number of benzene rings is 1. The summed E-state index contributed by atoms with van der Waals surface area (Å²) >= 11 is 0. The van der Waals surface area contributed by atoms with Crippen LogP contribution in [0.2, 0.25) is 0 Å². The van der Waals surface area contributed by atoms with Gasteiger partial charge in [0.05, 0.1) is 0 Å². The average Bonchev–Trinajstić information content (AvgIpc) is 2.30. The first-order valence-electron chi connectivity index (χ1n) is 6.37. The number of hydrogen-bond acceptors (Lipinski definition) is 2. The fourth-order valence-electron chi connectivity index (χ4n) is 1.63. The zero-order valence-corrected chi connectivity index (χ0v) is 11.3. The molecule has 4 heteroatoms. The molecule has 18 heavy (non-hydrogen) atoms. The summed E-state index contributed by atoms with van der Waals surface area (Å²) in [7, 11) is 0. The van der Waals surface area contributed by atoms with Crippen LogP contribution in [0.25, 0.3) is 0 Å². The van der Waals surface area contributed by atoms with Crippen LogP contribution < -0.4 is 10.6 Å². The van der Waals surface area contributed by atoms with Crippen LogP contribution in [0.15, 0.2) is 18.2 Å². The van der Waals surface area contributed by atoms with Crippen LogP contribution in [0.1, 0.15) is 26.3 Å². The normalized spacial score (nSPS) is 13.0. The fourth-order valence-corrected chi connectivity index (χ4v) is 1.63. The lowest BCUT2D eigenvalue weighted by Crippen LogP contribution is -2.37. The molecule has 0 bridgehead atoms. The predicted molar refractivity (Wildman–Crippen MR) is 70.4 cm³/mol. The van der Waals surface area contributed by atoms with Crippen molar-refractivity contribution in [3.05, 3.63) is 35.4 Å². The Kier molecular flexibility index (Phi) is 6.22. The SMILES string of the molecule is CC(C)CNCC(C)NCc1cccc(F)c1F. The van der Waals surface area contributed by atoms with E-state index in [-0.39, 0.29) is 6.04 Å². The Hall–Kier alpha value is -1.00. The van der Waals surface area contributed by atoms with Crippen LogP contribution in [0.4, 0.5) is 8.78 Å². The Morgan fingerprint density at radius 2 is 1.83 bits per heavy atom. The molecule has 0 spiro atoms. The molecule has 102 valence electrons. The summed E-state index contributed by atoms with van der Waals surface area (Å²) in [5, 5.41) is 6.49. The van der Waals surface area contributed by atoms with Crippen LogP contribution in [0, 0.1) is 17.6 Å². The molecule has 0 saturated heterocycles. The van der Waals surface area contributed by atoms with Crippen molar-refractivity contribution in [1.29, 1.82) is 0 Å². The minimum Gasteiger partial charge on any atom is -0.315 e. The van der Waals surface area contributed by atoms with Gasteiger partial charge in [0.25, 0.3) is 0 Å². The summed E-state index contributed by atoms with van der Waals surface area (Å²) in [5.74, 6) is -0.940. The third-order valence-corrected chi connectivity index (χ3v) is 2.68. The van der Waals surface area contributed by atoms with Gasteiger partial charge in [0, 0.05) is 24.7 Å². The van der Waals surface area contributed by atoms with E-state index in [1.807, 2.05) is 6.92 Å². The van der Waals surface area contributed by atoms with Crippen molar-refractivity contribution in [2.45, 2.75) is 33.4 Å². The summed E-state index contributed by atoms with van der Waals surface area (Å²) in [4.78, 5) is 0. The average molecular weight is 256 g/mol. The predicted octanol–water partition coefficient (Wildman–Crippen LogP) is 2.69. The van der Waals surface area contributed by atoms with Gasteiger partial charge in [-0.05, 0) is 25.5 Å². The van der Waals surface area contributed by atoms with Gasteiger partial charge in [-0.1, -0.05) is 26.0 Å². The summed E-state index contributed by atoms with van der Waals surface area (Å²) in [6, 6.07) is 4.47. The highest BCUT2D eigenvalue weighted by atomic mass is 19.2. The highest BCUT2D eigenvalue weighted by Crippen LogP contribution is 2.10. The van der Waals surface area contributed by atoms with E-state index in [2.05, 4.69) is 24.5 Å². The molecule has 1 aromatic carbocycles. The summed E-state index contributed by atoms with van der Waals surface area (Å²) in [6.07, 6.45) is 0. The molecular weight excluding hydrogens is 234 g/mol. The monoisotopic (exact) mass is 256 g/mol. The van der Waals surface area contributed by atoms with Gasteiger partial charge in [-0.2, -0.15) is 0 Å². The van der Waals surface area contributed by atoms with Crippen molar-refractivity contribution in [1.82, 2.24) is 10.6 Å². The molecule has 2 N–H and O–H groups in total. The van der Waals surface area contributed by atoms with E-state index in [4.69, 9.17) is 0 Å². The molecule has 2 nitrogen and oxygen atoms in total. The Morgan fingerprint density at radius 3 is 2.50 bits per heavy atom. The quantitative estimate of drug-likeness (QED) is 0.784. The zero-order valence-electron chi connectivity index (χ0n) is 11.3. The summed E-state index contributed by atoms with van der Waals surface area (Å²) in [6.45, 7) is 8.43. The molecule has 0 saturated carbocycles. The number of halogens is 2. The van der Waals surface area contributed by atoms with Crippen molar-refractivity contribution in [2.75, 3.05) is 13.1 Å². The highest BCUT2D eigenvalue weighted by molar-refractivity contribution is 5.18. The maximum Gasteiger partial charge on any atom is 0.163 e. The number of rotatable bonds is 7. The topological polar surface area (TPSA) is 24.1 Å². The second-order valence-electron chi connectivity index (χ2n) is 5.05. The minimum absolute atomic E-state index is 0.214. The molecule has 0 aliphatic carbocycles. The number of hydrogen-bond donors (Lipinski definition) is 2. The Morgan fingerprint density at radius 1 is 1.11 bits per heavy atom. The van der Waals surface area contributed by atoms with E-state index in [0.29, 0.717) is 18.0 Å². The molecule has 1 unspecified atom stereocenters. The van der Waals surface area contributed by atoms with Gasteiger partial charge in [-0.15, -0.1) is 0 Å². The van der Waals surface area contributed by atoms with E-state index in [0.717, 1.165) is 19.2 Å². The van der Waals surface area contributed by atoms with Crippen molar-refractivity contribution in [2.24, 2.45) is 5.92 Å². The van der Waals surface area contributed by atoms with Crippen molar-refractivity contribution >= 4 is 0 Å². The standard InChI is InChI=1S/C14H22F2N2/c1-10(2)7-17-8-11(3)18-9-12-5-4-6-13(15)14(12)16/h4-6,10-11,17-18H,7-9H2,1-3H3. The second kappa shape index (κ2) is 7.44. The highest BCUT2D eigenvalue weighted by Gasteiger charge is 2.08. The second-order valence-corrected chi connectivity index (χ2v) is 5.05. The first kappa shape index (κ1) is 15.1. The summed E-state index contributed by atoms with van der Waals surface area (Å²) in [5.41, 5.74) is 0.366. The Bertz CT molecular complexity index is 367. The van der Waals surface area contributed by atoms with Crippen LogP contribution >= 0.6 is 0 Å². The fraction of sp³-hybridized carbons (Fsp3) is 0.571. The Labute approximate surface area is 108 Å². The van der Waals surface area contributed by atoms with Gasteiger partial charge in [-0.25, -0.2) is 8.78 Å².